The number of nitrogens with zero attached hydrogens (tertiary/aromatic N) is 3. The third kappa shape index (κ3) is 5.71. The highest BCUT2D eigenvalue weighted by atomic mass is 79.9. The first kappa shape index (κ1) is 22.5. The first-order valence-corrected chi connectivity index (χ1v) is 11.5. The minimum absolute atomic E-state index is 0.159. The summed E-state index contributed by atoms with van der Waals surface area (Å²) in [4.78, 5) is 24.7. The Labute approximate surface area is 195 Å². The first-order valence-electron chi connectivity index (χ1n) is 8.98. The smallest absolute Gasteiger partial charge is 0.251 e. The molecule has 0 aliphatic carbocycles. The van der Waals surface area contributed by atoms with Crippen molar-refractivity contribution < 1.29 is 9.59 Å². The molecular weight excluding hydrogens is 534 g/mol. The maximum atomic E-state index is 12.4. The summed E-state index contributed by atoms with van der Waals surface area (Å²) in [6, 6.07) is 14.2. The van der Waals surface area contributed by atoms with E-state index in [1.807, 2.05) is 50.4 Å². The summed E-state index contributed by atoms with van der Waals surface area (Å²) in [5.74, 6) is 0.445. The van der Waals surface area contributed by atoms with Crippen LogP contribution in [-0.2, 0) is 11.8 Å². The van der Waals surface area contributed by atoms with Gasteiger partial charge in [-0.3, -0.25) is 9.59 Å². The van der Waals surface area contributed by atoms with Crippen molar-refractivity contribution in [3.63, 3.8) is 0 Å². The van der Waals surface area contributed by atoms with Gasteiger partial charge in [-0.1, -0.05) is 45.9 Å². The molecule has 0 saturated carbocycles. The van der Waals surface area contributed by atoms with E-state index in [0.717, 1.165) is 8.95 Å². The first-order chi connectivity index (χ1) is 14.3. The Bertz CT molecular complexity index is 1060. The molecule has 0 fully saturated rings. The maximum absolute atomic E-state index is 12.4. The van der Waals surface area contributed by atoms with Gasteiger partial charge in [0.05, 0.1) is 17.5 Å². The van der Waals surface area contributed by atoms with Crippen LogP contribution in [-0.4, -0.2) is 32.3 Å². The Morgan fingerprint density at radius 2 is 1.87 bits per heavy atom. The molecule has 2 aromatic carbocycles. The number of anilines is 1. The van der Waals surface area contributed by atoms with Crippen molar-refractivity contribution in [2.24, 2.45) is 7.05 Å². The van der Waals surface area contributed by atoms with E-state index in [2.05, 4.69) is 52.7 Å². The molecule has 1 aromatic heterocycles. The predicted molar refractivity (Wildman–Crippen MR) is 125 cm³/mol. The topological polar surface area (TPSA) is 88.9 Å². The van der Waals surface area contributed by atoms with Crippen LogP contribution in [0.4, 0.5) is 5.69 Å². The summed E-state index contributed by atoms with van der Waals surface area (Å²) < 4.78 is 3.45. The molecule has 156 valence electrons. The monoisotopic (exact) mass is 551 g/mol. The number of thioether (sulfide) groups is 1. The van der Waals surface area contributed by atoms with E-state index in [-0.39, 0.29) is 23.6 Å². The largest absolute Gasteiger partial charge is 0.342 e. The summed E-state index contributed by atoms with van der Waals surface area (Å²) >= 11 is 8.09. The highest BCUT2D eigenvalue weighted by Crippen LogP contribution is 2.27. The van der Waals surface area contributed by atoms with E-state index in [9.17, 15) is 9.59 Å². The molecule has 3 rings (SSSR count). The fraction of sp³-hybridized carbons (Fsp3) is 0.200. The Kier molecular flexibility index (Phi) is 7.68. The van der Waals surface area contributed by atoms with Crippen LogP contribution >= 0.6 is 43.6 Å². The van der Waals surface area contributed by atoms with E-state index < -0.39 is 0 Å². The number of aromatic nitrogens is 3. The van der Waals surface area contributed by atoms with Crippen LogP contribution < -0.4 is 10.6 Å². The van der Waals surface area contributed by atoms with Crippen LogP contribution in [0.1, 0.15) is 29.1 Å². The number of carbonyl (C=O) groups excluding carboxylic acids is 2. The SMILES string of the molecule is C[C@H](NC(=O)c1ccccc1)c1nnc(SCC(=O)Nc2cc(Br)ccc2Br)n1C. The van der Waals surface area contributed by atoms with Crippen molar-refractivity contribution in [2.45, 2.75) is 18.1 Å². The molecule has 1 atom stereocenters. The number of halogens is 2. The second-order valence-electron chi connectivity index (χ2n) is 6.42. The van der Waals surface area contributed by atoms with Crippen LogP contribution in [0.5, 0.6) is 0 Å². The lowest BCUT2D eigenvalue weighted by molar-refractivity contribution is -0.113. The molecule has 2 N–H and O–H groups in total. The molecule has 0 aliphatic heterocycles. The molecule has 7 nitrogen and oxygen atoms in total. The van der Waals surface area contributed by atoms with E-state index in [0.29, 0.717) is 22.2 Å². The lowest BCUT2D eigenvalue weighted by Crippen LogP contribution is -2.28. The molecule has 2 amide bonds. The van der Waals surface area contributed by atoms with Gasteiger partial charge in [0, 0.05) is 21.6 Å². The average molecular weight is 553 g/mol. The number of hydrogen-bond acceptors (Lipinski definition) is 5. The minimum atomic E-state index is -0.337. The van der Waals surface area contributed by atoms with Gasteiger partial charge >= 0.3 is 0 Å². The summed E-state index contributed by atoms with van der Waals surface area (Å²) in [5.41, 5.74) is 1.27. The van der Waals surface area contributed by atoms with Crippen molar-refractivity contribution in [3.05, 3.63) is 68.9 Å². The zero-order chi connectivity index (χ0) is 21.7. The van der Waals surface area contributed by atoms with Gasteiger partial charge in [0.15, 0.2) is 11.0 Å². The normalized spacial score (nSPS) is 11.7. The van der Waals surface area contributed by atoms with Crippen molar-refractivity contribution in [1.82, 2.24) is 20.1 Å². The third-order valence-electron chi connectivity index (χ3n) is 4.17. The lowest BCUT2D eigenvalue weighted by atomic mass is 10.2. The second kappa shape index (κ2) is 10.2. The van der Waals surface area contributed by atoms with Crippen LogP contribution in [0.25, 0.3) is 0 Å². The maximum Gasteiger partial charge on any atom is 0.251 e. The highest BCUT2D eigenvalue weighted by Gasteiger charge is 2.19. The second-order valence-corrected chi connectivity index (χ2v) is 9.13. The Hall–Kier alpha value is -2.17. The van der Waals surface area contributed by atoms with E-state index in [1.165, 1.54) is 11.8 Å². The average Bonchev–Trinajstić information content (AvgIpc) is 3.10. The molecule has 0 bridgehead atoms. The molecule has 10 heteroatoms. The zero-order valence-corrected chi connectivity index (χ0v) is 20.2. The fourth-order valence-electron chi connectivity index (χ4n) is 2.67. The van der Waals surface area contributed by atoms with Gasteiger partial charge in [0.2, 0.25) is 5.91 Å². The van der Waals surface area contributed by atoms with Crippen LogP contribution in [0.2, 0.25) is 0 Å². The quantitative estimate of drug-likeness (QED) is 0.419. The number of nitrogens with one attached hydrogen (secondary N) is 2. The summed E-state index contributed by atoms with van der Waals surface area (Å²) in [6.07, 6.45) is 0. The Morgan fingerprint density at radius 3 is 2.60 bits per heavy atom. The number of amides is 2. The number of hydrogen-bond donors (Lipinski definition) is 2. The minimum Gasteiger partial charge on any atom is -0.342 e. The van der Waals surface area contributed by atoms with Gasteiger partial charge in [-0.25, -0.2) is 0 Å². The van der Waals surface area contributed by atoms with Gasteiger partial charge in [-0.15, -0.1) is 10.2 Å². The molecule has 1 heterocycles. The summed E-state index contributed by atoms with van der Waals surface area (Å²) in [7, 11) is 1.81. The van der Waals surface area contributed by atoms with Gasteiger partial charge in [0.1, 0.15) is 0 Å². The lowest BCUT2D eigenvalue weighted by Gasteiger charge is -2.13. The molecule has 0 spiro atoms. The number of benzene rings is 2. The van der Waals surface area contributed by atoms with Gasteiger partial charge in [-0.05, 0) is 53.2 Å². The molecular formula is C20H19Br2N5O2S. The standard InChI is InChI=1S/C20H19Br2N5O2S/c1-12(23-19(29)13-6-4-3-5-7-13)18-25-26-20(27(18)2)30-11-17(28)24-16-10-14(21)8-9-15(16)22/h3-10,12H,11H2,1-2H3,(H,23,29)(H,24,28)/t12-/m0/s1. The molecule has 30 heavy (non-hydrogen) atoms. The van der Waals surface area contributed by atoms with Gasteiger partial charge in [0.25, 0.3) is 5.91 Å². The third-order valence-corrected chi connectivity index (χ3v) is 6.38. The number of carbonyl (C=O) groups is 2. The fourth-order valence-corrected chi connectivity index (χ4v) is 4.10. The molecule has 0 radical (unpaired) electrons. The molecule has 3 aromatic rings. The highest BCUT2D eigenvalue weighted by molar-refractivity contribution is 9.11. The van der Waals surface area contributed by atoms with Crippen molar-refractivity contribution in [3.8, 4) is 0 Å². The summed E-state index contributed by atoms with van der Waals surface area (Å²) in [5, 5.41) is 14.7. The molecule has 0 saturated heterocycles. The molecule has 0 unspecified atom stereocenters. The van der Waals surface area contributed by atoms with Crippen LogP contribution in [0.3, 0.4) is 0 Å². The Balaban J connectivity index is 1.59. The van der Waals surface area contributed by atoms with Crippen LogP contribution in [0, 0.1) is 0 Å². The predicted octanol–water partition coefficient (Wildman–Crippen LogP) is 4.56. The number of rotatable bonds is 7. The van der Waals surface area contributed by atoms with E-state index in [4.69, 9.17) is 0 Å². The van der Waals surface area contributed by atoms with Crippen molar-refractivity contribution in [2.75, 3.05) is 11.1 Å². The van der Waals surface area contributed by atoms with Gasteiger partial charge in [-0.2, -0.15) is 0 Å². The summed E-state index contributed by atoms with van der Waals surface area (Å²) in [6.45, 7) is 1.84. The van der Waals surface area contributed by atoms with E-state index >= 15 is 0 Å². The Morgan fingerprint density at radius 1 is 1.13 bits per heavy atom. The zero-order valence-electron chi connectivity index (χ0n) is 16.2. The van der Waals surface area contributed by atoms with E-state index in [1.54, 1.807) is 16.7 Å². The van der Waals surface area contributed by atoms with Crippen molar-refractivity contribution in [1.29, 1.82) is 0 Å². The van der Waals surface area contributed by atoms with Gasteiger partial charge < -0.3 is 15.2 Å². The molecule has 0 aliphatic rings. The van der Waals surface area contributed by atoms with Crippen molar-refractivity contribution >= 4 is 61.1 Å². The van der Waals surface area contributed by atoms with Crippen LogP contribution in [0.15, 0.2) is 62.6 Å².